The average Bonchev–Trinajstić information content (AvgIpc) is 2.13. The predicted molar refractivity (Wildman–Crippen MR) is 43.7 cm³/mol. The normalized spacial score (nSPS) is 13.5. The lowest BCUT2D eigenvalue weighted by atomic mass is 10.3. The van der Waals surface area contributed by atoms with Crippen LogP contribution in [0.1, 0.15) is 16.9 Å². The molecule has 1 aromatic rings. The summed E-state index contributed by atoms with van der Waals surface area (Å²) in [4.78, 5) is 0. The van der Waals surface area contributed by atoms with E-state index >= 15 is 0 Å². The Morgan fingerprint density at radius 2 is 2.30 bits per heavy atom. The van der Waals surface area contributed by atoms with Gasteiger partial charge in [0.05, 0.1) is 0 Å². The Morgan fingerprint density at radius 1 is 1.60 bits per heavy atom. The number of rotatable bonds is 2. The van der Waals surface area contributed by atoms with Crippen molar-refractivity contribution in [2.45, 2.75) is 25.6 Å². The highest BCUT2D eigenvalue weighted by Gasteiger charge is 2.03. The SMILES string of the molecule is Cc1nnc(CC(C)Cl)s1. The van der Waals surface area contributed by atoms with E-state index in [0.717, 1.165) is 16.4 Å². The van der Waals surface area contributed by atoms with Crippen LogP contribution in [0.15, 0.2) is 0 Å². The van der Waals surface area contributed by atoms with Crippen molar-refractivity contribution in [1.82, 2.24) is 10.2 Å². The van der Waals surface area contributed by atoms with Crippen LogP contribution in [0.25, 0.3) is 0 Å². The molecule has 0 aliphatic rings. The molecule has 1 rings (SSSR count). The molecule has 0 bridgehead atoms. The number of nitrogens with zero attached hydrogens (tertiary/aromatic N) is 2. The Hall–Kier alpha value is -0.150. The van der Waals surface area contributed by atoms with Gasteiger partial charge in [0, 0.05) is 11.8 Å². The van der Waals surface area contributed by atoms with Gasteiger partial charge in [0.2, 0.25) is 0 Å². The first-order valence-electron chi connectivity index (χ1n) is 3.11. The fraction of sp³-hybridized carbons (Fsp3) is 0.667. The molecule has 10 heavy (non-hydrogen) atoms. The van der Waals surface area contributed by atoms with Gasteiger partial charge in [-0.3, -0.25) is 0 Å². The van der Waals surface area contributed by atoms with E-state index in [9.17, 15) is 0 Å². The summed E-state index contributed by atoms with van der Waals surface area (Å²) < 4.78 is 0. The molecule has 1 heterocycles. The second-order valence-corrected chi connectivity index (χ2v) is 4.21. The number of hydrogen-bond acceptors (Lipinski definition) is 3. The van der Waals surface area contributed by atoms with E-state index in [1.807, 2.05) is 13.8 Å². The van der Waals surface area contributed by atoms with Gasteiger partial charge in [0.15, 0.2) is 0 Å². The quantitative estimate of drug-likeness (QED) is 0.645. The van der Waals surface area contributed by atoms with Crippen molar-refractivity contribution in [1.29, 1.82) is 0 Å². The number of hydrogen-bond donors (Lipinski definition) is 0. The Kier molecular flexibility index (Phi) is 2.63. The first-order chi connectivity index (χ1) is 4.68. The summed E-state index contributed by atoms with van der Waals surface area (Å²) in [5, 5.41) is 10.0. The van der Waals surface area contributed by atoms with Gasteiger partial charge in [-0.2, -0.15) is 0 Å². The van der Waals surface area contributed by atoms with Gasteiger partial charge in [-0.25, -0.2) is 0 Å². The molecule has 0 fully saturated rings. The van der Waals surface area contributed by atoms with Crippen LogP contribution >= 0.6 is 22.9 Å². The van der Waals surface area contributed by atoms with Crippen LogP contribution in [-0.4, -0.2) is 15.6 Å². The molecular formula is C6H9ClN2S. The Bertz CT molecular complexity index is 209. The van der Waals surface area contributed by atoms with Crippen LogP contribution in [0.2, 0.25) is 0 Å². The first kappa shape index (κ1) is 7.95. The minimum atomic E-state index is 0.160. The zero-order chi connectivity index (χ0) is 7.56. The third-order valence-electron chi connectivity index (χ3n) is 1.02. The van der Waals surface area contributed by atoms with Gasteiger partial charge < -0.3 is 0 Å². The van der Waals surface area contributed by atoms with E-state index in [-0.39, 0.29) is 5.38 Å². The van der Waals surface area contributed by atoms with E-state index in [1.54, 1.807) is 11.3 Å². The Morgan fingerprint density at radius 3 is 2.70 bits per heavy atom. The molecule has 0 radical (unpaired) electrons. The lowest BCUT2D eigenvalue weighted by Crippen LogP contribution is -1.95. The predicted octanol–water partition coefficient (Wildman–Crippen LogP) is 2.02. The van der Waals surface area contributed by atoms with Gasteiger partial charge in [0.25, 0.3) is 0 Å². The number of alkyl halides is 1. The van der Waals surface area contributed by atoms with Crippen molar-refractivity contribution < 1.29 is 0 Å². The minimum absolute atomic E-state index is 0.160. The molecule has 0 aromatic carbocycles. The molecular weight excluding hydrogens is 168 g/mol. The van der Waals surface area contributed by atoms with Crippen molar-refractivity contribution in [2.75, 3.05) is 0 Å². The topological polar surface area (TPSA) is 25.8 Å². The van der Waals surface area contributed by atoms with Crippen LogP contribution in [0.5, 0.6) is 0 Å². The van der Waals surface area contributed by atoms with E-state index in [0.29, 0.717) is 0 Å². The summed E-state index contributed by atoms with van der Waals surface area (Å²) in [7, 11) is 0. The van der Waals surface area contributed by atoms with Gasteiger partial charge in [-0.1, -0.05) is 0 Å². The molecule has 1 atom stereocenters. The molecule has 4 heteroatoms. The summed E-state index contributed by atoms with van der Waals surface area (Å²) in [5.41, 5.74) is 0. The third kappa shape index (κ3) is 2.23. The maximum Gasteiger partial charge on any atom is 0.118 e. The Balaban J connectivity index is 2.58. The molecule has 56 valence electrons. The van der Waals surface area contributed by atoms with Crippen LogP contribution < -0.4 is 0 Å². The first-order valence-corrected chi connectivity index (χ1v) is 4.37. The Labute approximate surface area is 69.2 Å². The van der Waals surface area contributed by atoms with Crippen molar-refractivity contribution in [3.05, 3.63) is 10.0 Å². The molecule has 1 aromatic heterocycles. The molecule has 2 nitrogen and oxygen atoms in total. The lowest BCUT2D eigenvalue weighted by molar-refractivity contribution is 0.881. The van der Waals surface area contributed by atoms with Crippen molar-refractivity contribution in [2.24, 2.45) is 0 Å². The molecule has 0 saturated carbocycles. The summed E-state index contributed by atoms with van der Waals surface area (Å²) in [6, 6.07) is 0. The lowest BCUT2D eigenvalue weighted by Gasteiger charge is -1.94. The molecule has 0 spiro atoms. The second-order valence-electron chi connectivity index (χ2n) is 2.20. The van der Waals surface area contributed by atoms with Gasteiger partial charge in [-0.15, -0.1) is 33.1 Å². The van der Waals surface area contributed by atoms with Gasteiger partial charge in [0.1, 0.15) is 10.0 Å². The molecule has 0 aliphatic carbocycles. The number of halogens is 1. The molecule has 0 amide bonds. The molecule has 0 saturated heterocycles. The van der Waals surface area contributed by atoms with Crippen LogP contribution in [0, 0.1) is 6.92 Å². The van der Waals surface area contributed by atoms with Gasteiger partial charge in [-0.05, 0) is 13.8 Å². The maximum atomic E-state index is 5.76. The molecule has 0 N–H and O–H groups in total. The fourth-order valence-electron chi connectivity index (χ4n) is 0.661. The smallest absolute Gasteiger partial charge is 0.118 e. The van der Waals surface area contributed by atoms with Crippen molar-refractivity contribution in [3.63, 3.8) is 0 Å². The number of aryl methyl sites for hydroxylation is 1. The average molecular weight is 177 g/mol. The van der Waals surface area contributed by atoms with E-state index in [4.69, 9.17) is 11.6 Å². The van der Waals surface area contributed by atoms with Crippen LogP contribution in [0.3, 0.4) is 0 Å². The standard InChI is InChI=1S/C6H9ClN2S/c1-4(7)3-6-9-8-5(2)10-6/h4H,3H2,1-2H3. The zero-order valence-electron chi connectivity index (χ0n) is 5.97. The van der Waals surface area contributed by atoms with Gasteiger partial charge >= 0.3 is 0 Å². The molecule has 1 unspecified atom stereocenters. The second kappa shape index (κ2) is 3.30. The van der Waals surface area contributed by atoms with Crippen LogP contribution in [-0.2, 0) is 6.42 Å². The van der Waals surface area contributed by atoms with Crippen molar-refractivity contribution in [3.8, 4) is 0 Å². The van der Waals surface area contributed by atoms with E-state index in [2.05, 4.69) is 10.2 Å². The van der Waals surface area contributed by atoms with E-state index < -0.39 is 0 Å². The third-order valence-corrected chi connectivity index (χ3v) is 2.04. The van der Waals surface area contributed by atoms with Crippen LogP contribution in [0.4, 0.5) is 0 Å². The van der Waals surface area contributed by atoms with E-state index in [1.165, 1.54) is 0 Å². The highest BCUT2D eigenvalue weighted by Crippen LogP contribution is 2.12. The fourth-order valence-corrected chi connectivity index (χ4v) is 1.74. The molecule has 0 aliphatic heterocycles. The zero-order valence-corrected chi connectivity index (χ0v) is 7.54. The summed E-state index contributed by atoms with van der Waals surface area (Å²) in [5.74, 6) is 0. The monoisotopic (exact) mass is 176 g/mol. The summed E-state index contributed by atoms with van der Waals surface area (Å²) in [6.45, 7) is 3.90. The van der Waals surface area contributed by atoms with Crippen molar-refractivity contribution >= 4 is 22.9 Å². The maximum absolute atomic E-state index is 5.76. The highest BCUT2D eigenvalue weighted by molar-refractivity contribution is 7.11. The largest absolute Gasteiger partial charge is 0.144 e. The summed E-state index contributed by atoms with van der Waals surface area (Å²) in [6.07, 6.45) is 0.826. The number of aromatic nitrogens is 2. The summed E-state index contributed by atoms with van der Waals surface area (Å²) >= 11 is 7.37. The highest BCUT2D eigenvalue weighted by atomic mass is 35.5. The minimum Gasteiger partial charge on any atom is -0.144 e.